The summed E-state index contributed by atoms with van der Waals surface area (Å²) >= 11 is 0. The first-order chi connectivity index (χ1) is 9.04. The molecular formula is C15H21NO3. The Hall–Kier alpha value is -1.58. The Morgan fingerprint density at radius 3 is 2.58 bits per heavy atom. The SMILES string of the molecule is C=CCNC(=O)[C@H]1[C@@H](C(=O)OC(C)C)[C@H]2C=C[C@H]1C2. The number of amides is 1. The smallest absolute Gasteiger partial charge is 0.310 e. The van der Waals surface area contributed by atoms with Crippen LogP contribution in [0.4, 0.5) is 0 Å². The second kappa shape index (κ2) is 5.59. The van der Waals surface area contributed by atoms with Crippen LogP contribution < -0.4 is 5.32 Å². The largest absolute Gasteiger partial charge is 0.463 e. The minimum Gasteiger partial charge on any atom is -0.463 e. The van der Waals surface area contributed by atoms with Crippen LogP contribution in [0.5, 0.6) is 0 Å². The standard InChI is InChI=1S/C15H21NO3/c1-4-7-16-14(17)12-10-5-6-11(8-10)13(12)15(18)19-9(2)3/h4-6,9-13H,1,7-8H2,2-3H3,(H,16,17)/t10-,11-,12+,13-/m0/s1. The van der Waals surface area contributed by atoms with Crippen LogP contribution in [0, 0.1) is 23.7 Å². The van der Waals surface area contributed by atoms with Crippen molar-refractivity contribution in [3.8, 4) is 0 Å². The molecule has 0 saturated heterocycles. The molecule has 19 heavy (non-hydrogen) atoms. The van der Waals surface area contributed by atoms with E-state index in [9.17, 15) is 9.59 Å². The Kier molecular flexibility index (Phi) is 4.08. The van der Waals surface area contributed by atoms with Gasteiger partial charge in [-0.05, 0) is 32.1 Å². The lowest BCUT2D eigenvalue weighted by atomic mass is 9.82. The summed E-state index contributed by atoms with van der Waals surface area (Å²) in [7, 11) is 0. The molecule has 0 aromatic rings. The number of hydrogen-bond donors (Lipinski definition) is 1. The fraction of sp³-hybridized carbons (Fsp3) is 0.600. The van der Waals surface area contributed by atoms with Crippen molar-refractivity contribution in [1.82, 2.24) is 5.32 Å². The Balaban J connectivity index is 2.11. The van der Waals surface area contributed by atoms with Gasteiger partial charge in [0.2, 0.25) is 5.91 Å². The quantitative estimate of drug-likeness (QED) is 0.606. The van der Waals surface area contributed by atoms with E-state index < -0.39 is 0 Å². The van der Waals surface area contributed by atoms with E-state index >= 15 is 0 Å². The third-order valence-electron chi connectivity index (χ3n) is 3.81. The van der Waals surface area contributed by atoms with Crippen molar-refractivity contribution >= 4 is 11.9 Å². The van der Waals surface area contributed by atoms with Crippen LogP contribution in [-0.4, -0.2) is 24.5 Å². The van der Waals surface area contributed by atoms with E-state index in [1.54, 1.807) is 6.08 Å². The van der Waals surface area contributed by atoms with Gasteiger partial charge in [0.15, 0.2) is 0 Å². The van der Waals surface area contributed by atoms with Crippen molar-refractivity contribution in [3.63, 3.8) is 0 Å². The number of allylic oxidation sites excluding steroid dienone is 2. The molecule has 1 fully saturated rings. The minimum absolute atomic E-state index is 0.0672. The molecule has 2 bridgehead atoms. The molecule has 2 aliphatic carbocycles. The zero-order valence-corrected chi connectivity index (χ0v) is 11.5. The Morgan fingerprint density at radius 2 is 2.00 bits per heavy atom. The maximum atomic E-state index is 12.2. The molecule has 104 valence electrons. The molecule has 4 atom stereocenters. The molecule has 1 amide bonds. The molecule has 2 aliphatic rings. The molecular weight excluding hydrogens is 242 g/mol. The normalized spacial score (nSPS) is 31.5. The summed E-state index contributed by atoms with van der Waals surface area (Å²) in [4.78, 5) is 24.4. The molecule has 4 nitrogen and oxygen atoms in total. The van der Waals surface area contributed by atoms with Crippen molar-refractivity contribution < 1.29 is 14.3 Å². The van der Waals surface area contributed by atoms with Gasteiger partial charge in [-0.1, -0.05) is 18.2 Å². The van der Waals surface area contributed by atoms with E-state index in [0.717, 1.165) is 6.42 Å². The van der Waals surface area contributed by atoms with E-state index in [4.69, 9.17) is 4.74 Å². The Bertz CT molecular complexity index is 414. The summed E-state index contributed by atoms with van der Waals surface area (Å²) in [6.07, 6.45) is 6.48. The van der Waals surface area contributed by atoms with Gasteiger partial charge in [-0.25, -0.2) is 0 Å². The Labute approximate surface area is 113 Å². The monoisotopic (exact) mass is 263 g/mol. The maximum absolute atomic E-state index is 12.2. The predicted octanol–water partition coefficient (Wildman–Crippen LogP) is 1.68. The first kappa shape index (κ1) is 13.8. The van der Waals surface area contributed by atoms with Gasteiger partial charge in [0, 0.05) is 6.54 Å². The fourth-order valence-corrected chi connectivity index (χ4v) is 3.10. The first-order valence-corrected chi connectivity index (χ1v) is 6.82. The lowest BCUT2D eigenvalue weighted by Crippen LogP contribution is -2.41. The van der Waals surface area contributed by atoms with E-state index in [2.05, 4.69) is 18.0 Å². The van der Waals surface area contributed by atoms with Gasteiger partial charge in [-0.3, -0.25) is 9.59 Å². The minimum atomic E-state index is -0.331. The van der Waals surface area contributed by atoms with Crippen LogP contribution in [0.1, 0.15) is 20.3 Å². The number of fused-ring (bicyclic) bond motifs is 2. The lowest BCUT2D eigenvalue weighted by Gasteiger charge is -2.26. The maximum Gasteiger partial charge on any atom is 0.310 e. The summed E-state index contributed by atoms with van der Waals surface area (Å²) in [5.41, 5.74) is 0. The number of rotatable bonds is 5. The van der Waals surface area contributed by atoms with Crippen molar-refractivity contribution in [1.29, 1.82) is 0 Å². The third kappa shape index (κ3) is 2.72. The molecule has 1 saturated carbocycles. The highest BCUT2D eigenvalue weighted by atomic mass is 16.5. The van der Waals surface area contributed by atoms with Gasteiger partial charge in [0.05, 0.1) is 17.9 Å². The van der Waals surface area contributed by atoms with Crippen LogP contribution >= 0.6 is 0 Å². The number of ether oxygens (including phenoxy) is 1. The van der Waals surface area contributed by atoms with E-state index in [1.807, 2.05) is 19.9 Å². The average molecular weight is 263 g/mol. The number of hydrogen-bond acceptors (Lipinski definition) is 3. The van der Waals surface area contributed by atoms with Crippen LogP contribution in [0.3, 0.4) is 0 Å². The third-order valence-corrected chi connectivity index (χ3v) is 3.81. The fourth-order valence-electron chi connectivity index (χ4n) is 3.10. The summed E-state index contributed by atoms with van der Waals surface area (Å²) in [5, 5.41) is 2.80. The second-order valence-corrected chi connectivity index (χ2v) is 5.52. The Morgan fingerprint density at radius 1 is 1.37 bits per heavy atom. The molecule has 0 heterocycles. The van der Waals surface area contributed by atoms with Crippen LogP contribution in [0.15, 0.2) is 24.8 Å². The zero-order chi connectivity index (χ0) is 14.0. The summed E-state index contributed by atoms with van der Waals surface area (Å²) in [6, 6.07) is 0. The van der Waals surface area contributed by atoms with Gasteiger partial charge < -0.3 is 10.1 Å². The molecule has 0 aromatic heterocycles. The molecule has 4 heteroatoms. The second-order valence-electron chi connectivity index (χ2n) is 5.52. The summed E-state index contributed by atoms with van der Waals surface area (Å²) in [5.74, 6) is -0.619. The van der Waals surface area contributed by atoms with Gasteiger partial charge in [-0.15, -0.1) is 6.58 Å². The molecule has 1 N–H and O–H groups in total. The van der Waals surface area contributed by atoms with Gasteiger partial charge in [-0.2, -0.15) is 0 Å². The first-order valence-electron chi connectivity index (χ1n) is 6.82. The molecule has 2 rings (SSSR count). The van der Waals surface area contributed by atoms with Gasteiger partial charge in [0.25, 0.3) is 0 Å². The van der Waals surface area contributed by atoms with E-state index in [1.165, 1.54) is 0 Å². The van der Waals surface area contributed by atoms with Crippen molar-refractivity contribution in [2.24, 2.45) is 23.7 Å². The molecule has 0 aliphatic heterocycles. The molecule has 0 spiro atoms. The topological polar surface area (TPSA) is 55.4 Å². The van der Waals surface area contributed by atoms with Crippen LogP contribution in [0.2, 0.25) is 0 Å². The number of carbonyl (C=O) groups excluding carboxylic acids is 2. The van der Waals surface area contributed by atoms with E-state index in [-0.39, 0.29) is 41.7 Å². The molecule has 0 aromatic carbocycles. The molecule has 0 radical (unpaired) electrons. The zero-order valence-electron chi connectivity index (χ0n) is 11.5. The highest BCUT2D eigenvalue weighted by Crippen LogP contribution is 2.48. The highest BCUT2D eigenvalue weighted by Gasteiger charge is 2.52. The van der Waals surface area contributed by atoms with E-state index in [0.29, 0.717) is 6.54 Å². The number of carbonyl (C=O) groups is 2. The van der Waals surface area contributed by atoms with Crippen molar-refractivity contribution in [3.05, 3.63) is 24.8 Å². The molecule has 0 unspecified atom stereocenters. The number of esters is 1. The van der Waals surface area contributed by atoms with Crippen LogP contribution in [-0.2, 0) is 14.3 Å². The lowest BCUT2D eigenvalue weighted by molar-refractivity contribution is -0.157. The average Bonchev–Trinajstić information content (AvgIpc) is 2.94. The summed E-state index contributed by atoms with van der Waals surface area (Å²) < 4.78 is 5.30. The van der Waals surface area contributed by atoms with Gasteiger partial charge in [0.1, 0.15) is 0 Å². The van der Waals surface area contributed by atoms with Gasteiger partial charge >= 0.3 is 5.97 Å². The van der Waals surface area contributed by atoms with Crippen molar-refractivity contribution in [2.75, 3.05) is 6.54 Å². The van der Waals surface area contributed by atoms with Crippen molar-refractivity contribution in [2.45, 2.75) is 26.4 Å². The van der Waals surface area contributed by atoms with Crippen LogP contribution in [0.25, 0.3) is 0 Å². The highest BCUT2D eigenvalue weighted by molar-refractivity contribution is 5.87. The predicted molar refractivity (Wildman–Crippen MR) is 72.2 cm³/mol. The number of nitrogens with one attached hydrogen (secondary N) is 1. The summed E-state index contributed by atoms with van der Waals surface area (Å²) in [6.45, 7) is 7.67.